The van der Waals surface area contributed by atoms with E-state index in [1.807, 2.05) is 0 Å². The van der Waals surface area contributed by atoms with E-state index in [0.717, 1.165) is 11.8 Å². The van der Waals surface area contributed by atoms with Crippen molar-refractivity contribution in [2.75, 3.05) is 6.61 Å². The van der Waals surface area contributed by atoms with Gasteiger partial charge in [-0.1, -0.05) is 42.1 Å². The summed E-state index contributed by atoms with van der Waals surface area (Å²) in [5.41, 5.74) is 1.38. The van der Waals surface area contributed by atoms with Crippen LogP contribution < -0.4 is 4.74 Å². The van der Waals surface area contributed by atoms with Crippen molar-refractivity contribution in [3.8, 4) is 5.75 Å². The Morgan fingerprint density at radius 2 is 1.77 bits per heavy atom. The van der Waals surface area contributed by atoms with Crippen LogP contribution in [0.1, 0.15) is 28.4 Å². The topological polar surface area (TPSA) is 128 Å². The second-order valence-corrected chi connectivity index (χ2v) is 10.9. The second kappa shape index (κ2) is 13.1. The average molecular weight is 688 g/mol. The summed E-state index contributed by atoms with van der Waals surface area (Å²) in [4.78, 5) is 40.3. The fourth-order valence-electron chi connectivity index (χ4n) is 3.60. The Balaban J connectivity index is 1.61. The van der Waals surface area contributed by atoms with Crippen molar-refractivity contribution in [3.63, 3.8) is 0 Å². The van der Waals surface area contributed by atoms with Crippen molar-refractivity contribution >= 4 is 72.3 Å². The fourth-order valence-corrected chi connectivity index (χ4v) is 6.06. The maximum atomic E-state index is 12.7. The molecule has 1 amide bonds. The number of nitro benzene ring substituents is 1. The summed E-state index contributed by atoms with van der Waals surface area (Å²) in [5, 5.41) is 22.0. The number of rotatable bonds is 8. The number of carbonyl (C=O) groups is 2. The monoisotopic (exact) mass is 686 g/mol. The summed E-state index contributed by atoms with van der Waals surface area (Å²) in [6.45, 7) is 1.81. The third-order valence-corrected chi connectivity index (χ3v) is 7.61. The normalized spacial score (nSPS) is 15.0. The first-order valence-electron chi connectivity index (χ1n) is 11.7. The third kappa shape index (κ3) is 6.87. The van der Waals surface area contributed by atoms with Gasteiger partial charge in [-0.3, -0.25) is 14.9 Å². The lowest BCUT2D eigenvalue weighted by Gasteiger charge is -2.12. The molecule has 0 fully saturated rings. The van der Waals surface area contributed by atoms with Crippen LogP contribution in [-0.2, 0) is 16.1 Å². The van der Waals surface area contributed by atoms with E-state index < -0.39 is 16.8 Å². The highest BCUT2D eigenvalue weighted by Crippen LogP contribution is 2.41. The number of carbonyl (C=O) groups excluding carboxylic acids is 2. The fraction of sp³-hybridized carbons (Fsp3) is 0.107. The molecule has 40 heavy (non-hydrogen) atoms. The molecule has 0 aromatic heterocycles. The number of benzene rings is 3. The molecule has 1 N–H and O–H groups in total. The number of non-ortho nitro benzene ring substituents is 1. The number of aliphatic imine (C=N–C) groups is 1. The van der Waals surface area contributed by atoms with Gasteiger partial charge in [-0.25, -0.2) is 9.79 Å². The molecule has 1 heterocycles. The molecule has 0 unspecified atom stereocenters. The average Bonchev–Trinajstić information content (AvgIpc) is 3.22. The SMILES string of the molecule is CCOC(=O)C1=C(O)/C(=C/c2cc(Br)c(OCc3cccc([N+](=O)[O-])c3)c(Br)c2)SC1=NC(=O)c1ccccc1. The molecule has 204 valence electrons. The van der Waals surface area contributed by atoms with Gasteiger partial charge in [0, 0.05) is 17.7 Å². The Labute approximate surface area is 250 Å². The first-order chi connectivity index (χ1) is 19.2. The van der Waals surface area contributed by atoms with Gasteiger partial charge >= 0.3 is 5.97 Å². The van der Waals surface area contributed by atoms with Crippen LogP contribution in [0.25, 0.3) is 6.08 Å². The van der Waals surface area contributed by atoms with Crippen molar-refractivity contribution in [1.29, 1.82) is 0 Å². The van der Waals surface area contributed by atoms with Gasteiger partial charge in [0.25, 0.3) is 11.6 Å². The smallest absolute Gasteiger partial charge is 0.344 e. The van der Waals surface area contributed by atoms with E-state index in [4.69, 9.17) is 9.47 Å². The first kappa shape index (κ1) is 29.2. The zero-order valence-electron chi connectivity index (χ0n) is 20.8. The lowest BCUT2D eigenvalue weighted by molar-refractivity contribution is -0.384. The van der Waals surface area contributed by atoms with Gasteiger partial charge in [0.1, 0.15) is 28.7 Å². The molecule has 0 saturated carbocycles. The van der Waals surface area contributed by atoms with Gasteiger partial charge in [-0.2, -0.15) is 0 Å². The number of amides is 1. The summed E-state index contributed by atoms with van der Waals surface area (Å²) in [7, 11) is 0. The second-order valence-electron chi connectivity index (χ2n) is 8.17. The van der Waals surface area contributed by atoms with Gasteiger partial charge in [-0.15, -0.1) is 0 Å². The van der Waals surface area contributed by atoms with E-state index in [1.165, 1.54) is 12.1 Å². The number of aliphatic hydroxyl groups excluding tert-OH is 1. The molecule has 0 saturated heterocycles. The van der Waals surface area contributed by atoms with Crippen LogP contribution >= 0.6 is 43.6 Å². The molecule has 12 heteroatoms. The van der Waals surface area contributed by atoms with Gasteiger partial charge in [-0.05, 0) is 80.3 Å². The summed E-state index contributed by atoms with van der Waals surface area (Å²) >= 11 is 7.94. The van der Waals surface area contributed by atoms with Crippen molar-refractivity contribution in [3.05, 3.63) is 119 Å². The maximum absolute atomic E-state index is 12.7. The minimum absolute atomic E-state index is 0.0290. The molecule has 4 rings (SSSR count). The third-order valence-electron chi connectivity index (χ3n) is 5.42. The van der Waals surface area contributed by atoms with Gasteiger partial charge in [0.15, 0.2) is 0 Å². The highest BCUT2D eigenvalue weighted by Gasteiger charge is 2.34. The molecular formula is C28H20Br2N2O7S. The predicted molar refractivity (Wildman–Crippen MR) is 159 cm³/mol. The van der Waals surface area contributed by atoms with Crippen LogP contribution in [0.4, 0.5) is 5.69 Å². The van der Waals surface area contributed by atoms with Gasteiger partial charge < -0.3 is 14.6 Å². The maximum Gasteiger partial charge on any atom is 0.344 e. The molecule has 3 aromatic carbocycles. The van der Waals surface area contributed by atoms with E-state index >= 15 is 0 Å². The molecule has 1 aliphatic heterocycles. The predicted octanol–water partition coefficient (Wildman–Crippen LogP) is 7.40. The quantitative estimate of drug-likeness (QED) is 0.147. The van der Waals surface area contributed by atoms with E-state index in [9.17, 15) is 24.8 Å². The number of nitrogens with zero attached hydrogens (tertiary/aromatic N) is 2. The summed E-state index contributed by atoms with van der Waals surface area (Å²) in [5.74, 6) is -1.23. The Bertz CT molecular complexity index is 1560. The number of hydrogen-bond donors (Lipinski definition) is 1. The Kier molecular flexibility index (Phi) is 9.56. The summed E-state index contributed by atoms with van der Waals surface area (Å²) < 4.78 is 12.1. The zero-order valence-corrected chi connectivity index (χ0v) is 24.8. The number of hydrogen-bond acceptors (Lipinski definition) is 8. The van der Waals surface area contributed by atoms with Crippen molar-refractivity contribution in [2.45, 2.75) is 13.5 Å². The van der Waals surface area contributed by atoms with Gasteiger partial charge in [0.05, 0.1) is 25.4 Å². The molecule has 9 nitrogen and oxygen atoms in total. The lowest BCUT2D eigenvalue weighted by Crippen LogP contribution is -2.14. The van der Waals surface area contributed by atoms with Crippen LogP contribution in [-0.4, -0.2) is 33.6 Å². The van der Waals surface area contributed by atoms with Crippen molar-refractivity contribution in [1.82, 2.24) is 0 Å². The molecule has 0 atom stereocenters. The highest BCUT2D eigenvalue weighted by atomic mass is 79.9. The Hall–Kier alpha value is -3.74. The summed E-state index contributed by atoms with van der Waals surface area (Å²) in [6.07, 6.45) is 1.63. The lowest BCUT2D eigenvalue weighted by atomic mass is 10.1. The molecule has 0 radical (unpaired) electrons. The first-order valence-corrected chi connectivity index (χ1v) is 14.1. The van der Waals surface area contributed by atoms with Crippen molar-refractivity contribution in [2.24, 2.45) is 4.99 Å². The van der Waals surface area contributed by atoms with E-state index in [1.54, 1.807) is 67.6 Å². The molecule has 3 aromatic rings. The highest BCUT2D eigenvalue weighted by molar-refractivity contribution is 9.11. The minimum Gasteiger partial charge on any atom is -0.506 e. The number of ether oxygens (including phenoxy) is 2. The number of thioether (sulfide) groups is 1. The number of halogens is 2. The standard InChI is InChI=1S/C28H20Br2N2O7S/c1-2-38-28(35)23-24(33)22(40-27(23)31-26(34)18-8-4-3-5-9-18)14-17-12-20(29)25(21(30)13-17)39-15-16-7-6-10-19(11-16)32(36)37/h3-14,33H,2,15H2,1H3/b22-14-,31-27?. The zero-order chi connectivity index (χ0) is 28.8. The van der Waals surface area contributed by atoms with Crippen molar-refractivity contribution < 1.29 is 29.1 Å². The number of nitro groups is 1. The van der Waals surface area contributed by atoms with Crippen LogP contribution in [0.5, 0.6) is 5.75 Å². The van der Waals surface area contributed by atoms with Crippen LogP contribution in [0.15, 0.2) is 96.9 Å². The molecule has 0 spiro atoms. The Morgan fingerprint density at radius 3 is 2.42 bits per heavy atom. The molecule has 1 aliphatic rings. The van der Waals surface area contributed by atoms with Crippen LogP contribution in [0, 0.1) is 10.1 Å². The Morgan fingerprint density at radius 1 is 1.07 bits per heavy atom. The van der Waals surface area contributed by atoms with Crippen LogP contribution in [0.3, 0.4) is 0 Å². The molecule has 0 aliphatic carbocycles. The number of esters is 1. The van der Waals surface area contributed by atoms with E-state index in [-0.39, 0.29) is 35.3 Å². The molecular weight excluding hydrogens is 668 g/mol. The van der Waals surface area contributed by atoms with Gasteiger partial charge in [0.2, 0.25) is 0 Å². The van der Waals surface area contributed by atoms with E-state index in [0.29, 0.717) is 36.3 Å². The van der Waals surface area contributed by atoms with E-state index in [2.05, 4.69) is 36.9 Å². The van der Waals surface area contributed by atoms with Crippen LogP contribution in [0.2, 0.25) is 0 Å². The largest absolute Gasteiger partial charge is 0.506 e. The molecule has 0 bridgehead atoms. The number of aliphatic hydroxyl groups is 1. The summed E-state index contributed by atoms with van der Waals surface area (Å²) in [6, 6.07) is 18.0. The minimum atomic E-state index is -0.789.